The van der Waals surface area contributed by atoms with E-state index in [-0.39, 0.29) is 11.9 Å². The van der Waals surface area contributed by atoms with E-state index in [1.165, 1.54) is 29.7 Å². The third-order valence-electron chi connectivity index (χ3n) is 5.66. The number of thiazole rings is 1. The Morgan fingerprint density at radius 3 is 2.39 bits per heavy atom. The second-order valence-electron chi connectivity index (χ2n) is 7.56. The molecule has 5 heteroatoms. The van der Waals surface area contributed by atoms with Gasteiger partial charge in [-0.3, -0.25) is 9.69 Å². The van der Waals surface area contributed by atoms with Gasteiger partial charge in [0.25, 0.3) is 5.91 Å². The molecule has 1 atom stereocenters. The lowest BCUT2D eigenvalue weighted by molar-refractivity contribution is 0.0428. The number of carbonyl (C=O) groups is 1. The first kappa shape index (κ1) is 17.6. The average molecular weight is 390 g/mol. The summed E-state index contributed by atoms with van der Waals surface area (Å²) in [6, 6.07) is 21.3. The average Bonchev–Trinajstić information content (AvgIpc) is 3.50. The first-order valence-corrected chi connectivity index (χ1v) is 10.8. The molecule has 1 aromatic heterocycles. The molecule has 2 aromatic carbocycles. The minimum Gasteiger partial charge on any atom is -0.328 e. The quantitative estimate of drug-likeness (QED) is 0.660. The van der Waals surface area contributed by atoms with E-state index in [2.05, 4.69) is 34.1 Å². The van der Waals surface area contributed by atoms with Gasteiger partial charge < -0.3 is 4.90 Å². The molecule has 0 radical (unpaired) electrons. The zero-order valence-corrected chi connectivity index (χ0v) is 16.5. The van der Waals surface area contributed by atoms with Gasteiger partial charge in [0.2, 0.25) is 0 Å². The number of benzene rings is 2. The fourth-order valence-electron chi connectivity index (χ4n) is 4.01. The van der Waals surface area contributed by atoms with Crippen molar-refractivity contribution in [1.29, 1.82) is 0 Å². The Kier molecular flexibility index (Phi) is 4.71. The first-order valence-electron chi connectivity index (χ1n) is 9.90. The number of rotatable bonds is 4. The Morgan fingerprint density at radius 1 is 0.964 bits per heavy atom. The molecule has 0 N–H and O–H groups in total. The van der Waals surface area contributed by atoms with Crippen LogP contribution in [0.15, 0.2) is 66.0 Å². The topological polar surface area (TPSA) is 36.4 Å². The van der Waals surface area contributed by atoms with Gasteiger partial charge in [-0.05, 0) is 18.4 Å². The summed E-state index contributed by atoms with van der Waals surface area (Å²) in [4.78, 5) is 22.6. The standard InChI is InChI=1S/C23H23N3OS/c27-23(20-16-28-22(24-20)18-9-5-2-6-10-18)26-14-13-25(19-11-12-19)15-21(26)17-7-3-1-4-8-17/h1-10,16,19,21H,11-15H2. The molecule has 0 bridgehead atoms. The van der Waals surface area contributed by atoms with Gasteiger partial charge >= 0.3 is 0 Å². The summed E-state index contributed by atoms with van der Waals surface area (Å²) in [6.07, 6.45) is 2.59. The Hall–Kier alpha value is -2.50. The van der Waals surface area contributed by atoms with E-state index >= 15 is 0 Å². The molecule has 2 aliphatic rings. The van der Waals surface area contributed by atoms with Crippen LogP contribution in [0, 0.1) is 0 Å². The van der Waals surface area contributed by atoms with Crippen LogP contribution in [0.2, 0.25) is 0 Å². The van der Waals surface area contributed by atoms with Crippen LogP contribution in [0.25, 0.3) is 10.6 Å². The lowest BCUT2D eigenvalue weighted by atomic mass is 10.0. The van der Waals surface area contributed by atoms with Crippen LogP contribution in [0.1, 0.15) is 34.9 Å². The summed E-state index contributed by atoms with van der Waals surface area (Å²) in [6.45, 7) is 2.62. The Balaban J connectivity index is 1.41. The Bertz CT molecular complexity index is 952. The van der Waals surface area contributed by atoms with Crippen LogP contribution in [0.5, 0.6) is 0 Å². The van der Waals surface area contributed by atoms with Crippen molar-refractivity contribution in [2.24, 2.45) is 0 Å². The van der Waals surface area contributed by atoms with Crippen molar-refractivity contribution < 1.29 is 4.79 Å². The SMILES string of the molecule is O=C(c1csc(-c2ccccc2)n1)N1CCN(C2CC2)CC1c1ccccc1. The molecule has 1 saturated carbocycles. The van der Waals surface area contributed by atoms with Gasteiger partial charge in [-0.2, -0.15) is 0 Å². The number of piperazine rings is 1. The third-order valence-corrected chi connectivity index (χ3v) is 6.56. The Morgan fingerprint density at radius 2 is 1.68 bits per heavy atom. The molecule has 28 heavy (non-hydrogen) atoms. The molecule has 2 heterocycles. The van der Waals surface area contributed by atoms with Gasteiger partial charge in [0.15, 0.2) is 0 Å². The normalized spacial score (nSPS) is 20.3. The van der Waals surface area contributed by atoms with Gasteiger partial charge in [0.05, 0.1) is 6.04 Å². The Labute approximate surface area is 169 Å². The molecule has 2 fully saturated rings. The van der Waals surface area contributed by atoms with Crippen LogP contribution < -0.4 is 0 Å². The number of carbonyl (C=O) groups excluding carboxylic acids is 1. The number of hydrogen-bond donors (Lipinski definition) is 0. The van der Waals surface area contributed by atoms with Gasteiger partial charge in [-0.1, -0.05) is 60.7 Å². The highest BCUT2D eigenvalue weighted by molar-refractivity contribution is 7.13. The number of amides is 1. The number of hydrogen-bond acceptors (Lipinski definition) is 4. The molecule has 1 unspecified atom stereocenters. The number of nitrogens with zero attached hydrogens (tertiary/aromatic N) is 3. The van der Waals surface area contributed by atoms with Crippen LogP contribution in [0.3, 0.4) is 0 Å². The molecule has 142 valence electrons. The smallest absolute Gasteiger partial charge is 0.273 e. The van der Waals surface area contributed by atoms with Crippen molar-refractivity contribution in [2.75, 3.05) is 19.6 Å². The fraction of sp³-hybridized carbons (Fsp3) is 0.304. The molecular formula is C23H23N3OS. The minimum absolute atomic E-state index is 0.0442. The van der Waals surface area contributed by atoms with E-state index in [9.17, 15) is 4.79 Å². The number of aromatic nitrogens is 1. The van der Waals surface area contributed by atoms with Crippen molar-refractivity contribution >= 4 is 17.2 Å². The predicted octanol–water partition coefficient (Wildman–Crippen LogP) is 4.47. The van der Waals surface area contributed by atoms with Crippen LogP contribution in [-0.4, -0.2) is 46.4 Å². The van der Waals surface area contributed by atoms with Crippen LogP contribution in [0.4, 0.5) is 0 Å². The van der Waals surface area contributed by atoms with Gasteiger partial charge in [0, 0.05) is 36.6 Å². The van der Waals surface area contributed by atoms with Gasteiger partial charge in [-0.25, -0.2) is 4.98 Å². The molecule has 5 rings (SSSR count). The zero-order valence-electron chi connectivity index (χ0n) is 15.7. The van der Waals surface area contributed by atoms with Crippen molar-refractivity contribution in [3.8, 4) is 10.6 Å². The second-order valence-corrected chi connectivity index (χ2v) is 8.41. The highest BCUT2D eigenvalue weighted by Gasteiger charge is 2.38. The van der Waals surface area contributed by atoms with E-state index in [4.69, 9.17) is 0 Å². The molecule has 3 aromatic rings. The zero-order chi connectivity index (χ0) is 18.9. The first-order chi connectivity index (χ1) is 13.8. The van der Waals surface area contributed by atoms with Crippen molar-refractivity contribution in [1.82, 2.24) is 14.8 Å². The highest BCUT2D eigenvalue weighted by Crippen LogP contribution is 2.34. The molecule has 1 aliphatic heterocycles. The van der Waals surface area contributed by atoms with E-state index in [1.807, 2.05) is 46.7 Å². The summed E-state index contributed by atoms with van der Waals surface area (Å²) in [7, 11) is 0. The molecule has 1 saturated heterocycles. The monoisotopic (exact) mass is 389 g/mol. The van der Waals surface area contributed by atoms with E-state index in [0.717, 1.165) is 30.2 Å². The van der Waals surface area contributed by atoms with E-state index < -0.39 is 0 Å². The lowest BCUT2D eigenvalue weighted by Gasteiger charge is -2.41. The maximum atomic E-state index is 13.4. The van der Waals surface area contributed by atoms with Crippen molar-refractivity contribution in [2.45, 2.75) is 24.9 Å². The van der Waals surface area contributed by atoms with E-state index in [0.29, 0.717) is 11.7 Å². The lowest BCUT2D eigenvalue weighted by Crippen LogP contribution is -2.51. The largest absolute Gasteiger partial charge is 0.328 e. The fourth-order valence-corrected chi connectivity index (χ4v) is 4.81. The summed E-state index contributed by atoms with van der Waals surface area (Å²) in [5.41, 5.74) is 2.83. The maximum Gasteiger partial charge on any atom is 0.273 e. The molecule has 0 spiro atoms. The van der Waals surface area contributed by atoms with E-state index in [1.54, 1.807) is 0 Å². The minimum atomic E-state index is 0.0442. The maximum absolute atomic E-state index is 13.4. The molecule has 4 nitrogen and oxygen atoms in total. The molecule has 1 aliphatic carbocycles. The predicted molar refractivity (Wildman–Crippen MR) is 112 cm³/mol. The van der Waals surface area contributed by atoms with Crippen LogP contribution in [-0.2, 0) is 0 Å². The van der Waals surface area contributed by atoms with Gasteiger partial charge in [0.1, 0.15) is 10.7 Å². The highest BCUT2D eigenvalue weighted by atomic mass is 32.1. The van der Waals surface area contributed by atoms with Gasteiger partial charge in [-0.15, -0.1) is 11.3 Å². The summed E-state index contributed by atoms with van der Waals surface area (Å²) in [5, 5.41) is 2.80. The summed E-state index contributed by atoms with van der Waals surface area (Å²) in [5.74, 6) is 0.0442. The van der Waals surface area contributed by atoms with Crippen molar-refractivity contribution in [3.05, 3.63) is 77.3 Å². The summed E-state index contributed by atoms with van der Waals surface area (Å²) < 4.78 is 0. The van der Waals surface area contributed by atoms with Crippen molar-refractivity contribution in [3.63, 3.8) is 0 Å². The molecular weight excluding hydrogens is 366 g/mol. The molecule has 1 amide bonds. The second kappa shape index (κ2) is 7.49. The van der Waals surface area contributed by atoms with Crippen LogP contribution >= 0.6 is 11.3 Å². The third kappa shape index (κ3) is 3.48. The summed E-state index contributed by atoms with van der Waals surface area (Å²) >= 11 is 1.54.